The predicted octanol–water partition coefficient (Wildman–Crippen LogP) is 2.60. The standard InChI is InChI=1S/C30H41ClN2O10/c1-18-13-22-21-9-8-19-14-20(34)10-11-27(19,2)29(21,31)23(35)15-28(22,3)30(18,39)24(36)17-42-26(38)16-32-25(37)7-5-4-6-12-43-33(40)41/h8,10-11,18,21-23,35,39H,4-7,9,12-17H2,1-3H3,(H,32,37)/t18-,21-,22-,23-,27-,28-,29-,30?/m0/s1. The number of unbranched alkanes of at least 4 members (excludes halogenated alkanes) is 2. The Bertz CT molecular complexity index is 1240. The third-order valence-electron chi connectivity index (χ3n) is 10.6. The number of nitrogens with one attached hydrogen (secondary N) is 1. The van der Waals surface area contributed by atoms with E-state index in [9.17, 15) is 39.5 Å². The molecule has 0 radical (unpaired) electrons. The van der Waals surface area contributed by atoms with Gasteiger partial charge in [0.25, 0.3) is 5.09 Å². The largest absolute Gasteiger partial charge is 0.456 e. The average Bonchev–Trinajstić information content (AvgIpc) is 3.14. The van der Waals surface area contributed by atoms with Crippen molar-refractivity contribution in [1.29, 1.82) is 0 Å². The lowest BCUT2D eigenvalue weighted by Gasteiger charge is -2.63. The maximum Gasteiger partial charge on any atom is 0.325 e. The Morgan fingerprint density at radius 3 is 2.63 bits per heavy atom. The highest BCUT2D eigenvalue weighted by Crippen LogP contribution is 2.70. The molecular weight excluding hydrogens is 584 g/mol. The number of nitrogens with zero attached hydrogens (tertiary/aromatic N) is 1. The van der Waals surface area contributed by atoms with Crippen LogP contribution in [-0.4, -0.2) is 75.1 Å². The average molecular weight is 625 g/mol. The fraction of sp³-hybridized carbons (Fsp3) is 0.733. The first-order chi connectivity index (χ1) is 20.1. The normalized spacial score (nSPS) is 37.8. The van der Waals surface area contributed by atoms with E-state index < -0.39 is 69.2 Å². The molecule has 0 aromatic rings. The number of alkyl halides is 1. The van der Waals surface area contributed by atoms with Crippen molar-refractivity contribution in [2.45, 2.75) is 88.7 Å². The SMILES string of the molecule is C[C@H]1C[C@H]2[C@@H]3CC=C4CC(=O)C=C[C@]4(C)[C@@]3(Cl)[C@@H](O)C[C@]2(C)C1(O)C(=O)COC(=O)CNC(=O)CCCCCO[N+](=O)[O-]. The van der Waals surface area contributed by atoms with Gasteiger partial charge in [0.1, 0.15) is 12.1 Å². The summed E-state index contributed by atoms with van der Waals surface area (Å²) in [5.41, 5.74) is -2.81. The summed E-state index contributed by atoms with van der Waals surface area (Å²) >= 11 is 7.41. The zero-order valence-corrected chi connectivity index (χ0v) is 25.6. The summed E-state index contributed by atoms with van der Waals surface area (Å²) in [6.07, 6.45) is 7.04. The number of aliphatic hydroxyl groups excluding tert-OH is 1. The number of ketones is 2. The number of allylic oxidation sites excluding steroid dienone is 4. The van der Waals surface area contributed by atoms with Gasteiger partial charge in [-0.05, 0) is 55.9 Å². The minimum Gasteiger partial charge on any atom is -0.456 e. The third kappa shape index (κ3) is 5.62. The minimum absolute atomic E-state index is 0.0147. The summed E-state index contributed by atoms with van der Waals surface area (Å²) in [5.74, 6) is -2.94. The van der Waals surface area contributed by atoms with Crippen molar-refractivity contribution in [2.24, 2.45) is 28.6 Å². The molecule has 1 unspecified atom stereocenters. The Kier molecular flexibility index (Phi) is 9.44. The molecule has 13 heteroatoms. The number of hydrogen-bond acceptors (Lipinski definition) is 10. The number of hydrogen-bond donors (Lipinski definition) is 3. The van der Waals surface area contributed by atoms with Crippen molar-refractivity contribution in [2.75, 3.05) is 19.8 Å². The van der Waals surface area contributed by atoms with E-state index in [0.29, 0.717) is 32.1 Å². The van der Waals surface area contributed by atoms with E-state index in [0.717, 1.165) is 5.57 Å². The number of fused-ring (bicyclic) bond motifs is 5. The number of amides is 1. The Morgan fingerprint density at radius 1 is 1.21 bits per heavy atom. The first-order valence-electron chi connectivity index (χ1n) is 14.8. The van der Waals surface area contributed by atoms with E-state index >= 15 is 0 Å². The molecule has 0 aliphatic heterocycles. The molecule has 8 atom stereocenters. The summed E-state index contributed by atoms with van der Waals surface area (Å²) in [6.45, 7) is 4.32. The molecule has 238 valence electrons. The van der Waals surface area contributed by atoms with Gasteiger partial charge in [0.15, 0.2) is 12.4 Å². The molecule has 2 saturated carbocycles. The number of carbonyl (C=O) groups is 4. The highest BCUT2D eigenvalue weighted by Gasteiger charge is 2.74. The predicted molar refractivity (Wildman–Crippen MR) is 153 cm³/mol. The van der Waals surface area contributed by atoms with Crippen LogP contribution in [0.25, 0.3) is 0 Å². The van der Waals surface area contributed by atoms with E-state index in [2.05, 4.69) is 10.2 Å². The van der Waals surface area contributed by atoms with E-state index in [1.54, 1.807) is 19.9 Å². The maximum atomic E-state index is 13.6. The smallest absolute Gasteiger partial charge is 0.325 e. The molecule has 12 nitrogen and oxygen atoms in total. The van der Waals surface area contributed by atoms with Crippen LogP contribution in [0.15, 0.2) is 23.8 Å². The van der Waals surface area contributed by atoms with Crippen molar-refractivity contribution in [3.8, 4) is 0 Å². The highest BCUT2D eigenvalue weighted by molar-refractivity contribution is 6.26. The van der Waals surface area contributed by atoms with Crippen LogP contribution < -0.4 is 5.32 Å². The highest BCUT2D eigenvalue weighted by atomic mass is 35.5. The number of halogens is 1. The number of Topliss-reactive ketones (excluding diaryl/α,β-unsaturated/α-hetero) is 1. The summed E-state index contributed by atoms with van der Waals surface area (Å²) in [6, 6.07) is 0. The molecule has 2 fully saturated rings. The second-order valence-electron chi connectivity index (χ2n) is 12.9. The molecule has 0 heterocycles. The number of aliphatic hydroxyl groups is 2. The molecule has 4 aliphatic carbocycles. The Hall–Kier alpha value is -2.83. The van der Waals surface area contributed by atoms with Gasteiger partial charge in [0, 0.05) is 23.7 Å². The van der Waals surface area contributed by atoms with Crippen molar-refractivity contribution in [3.63, 3.8) is 0 Å². The van der Waals surface area contributed by atoms with Crippen LogP contribution in [0.2, 0.25) is 0 Å². The molecule has 0 saturated heterocycles. The monoisotopic (exact) mass is 624 g/mol. The zero-order valence-electron chi connectivity index (χ0n) is 24.8. The molecule has 1 amide bonds. The van der Waals surface area contributed by atoms with Crippen LogP contribution in [0.5, 0.6) is 0 Å². The third-order valence-corrected chi connectivity index (χ3v) is 11.6. The minimum atomic E-state index is -1.89. The molecule has 0 aromatic carbocycles. The van der Waals surface area contributed by atoms with Gasteiger partial charge in [-0.3, -0.25) is 19.2 Å². The Labute approximate surface area is 255 Å². The van der Waals surface area contributed by atoms with Gasteiger partial charge in [-0.25, -0.2) is 0 Å². The van der Waals surface area contributed by atoms with Gasteiger partial charge in [0.05, 0.1) is 17.6 Å². The quantitative estimate of drug-likeness (QED) is 0.0728. The molecule has 4 rings (SSSR count). The number of ether oxygens (including phenoxy) is 1. The first-order valence-corrected chi connectivity index (χ1v) is 15.2. The van der Waals surface area contributed by atoms with Gasteiger partial charge in [-0.15, -0.1) is 21.7 Å². The second kappa shape index (κ2) is 12.3. The van der Waals surface area contributed by atoms with Crippen LogP contribution >= 0.6 is 11.6 Å². The van der Waals surface area contributed by atoms with Crippen molar-refractivity contribution in [3.05, 3.63) is 33.9 Å². The molecule has 3 N–H and O–H groups in total. The van der Waals surface area contributed by atoms with Crippen LogP contribution in [0.4, 0.5) is 0 Å². The van der Waals surface area contributed by atoms with Crippen LogP contribution in [0.3, 0.4) is 0 Å². The first kappa shape index (κ1) is 33.1. The summed E-state index contributed by atoms with van der Waals surface area (Å²) in [5, 5.41) is 35.4. The Morgan fingerprint density at radius 2 is 1.93 bits per heavy atom. The number of rotatable bonds is 12. The Balaban J connectivity index is 1.36. The molecule has 43 heavy (non-hydrogen) atoms. The molecule has 0 bridgehead atoms. The lowest BCUT2D eigenvalue weighted by molar-refractivity contribution is -0.757. The summed E-state index contributed by atoms with van der Waals surface area (Å²) < 4.78 is 5.15. The van der Waals surface area contributed by atoms with Crippen LogP contribution in [0, 0.1) is 38.7 Å². The van der Waals surface area contributed by atoms with Gasteiger partial charge in [0.2, 0.25) is 11.7 Å². The van der Waals surface area contributed by atoms with Crippen molar-refractivity contribution in [1.82, 2.24) is 5.32 Å². The van der Waals surface area contributed by atoms with Crippen molar-refractivity contribution < 1.29 is 44.1 Å². The van der Waals surface area contributed by atoms with E-state index in [-0.39, 0.29) is 43.5 Å². The fourth-order valence-electron chi connectivity index (χ4n) is 8.32. The topological polar surface area (TPSA) is 182 Å². The van der Waals surface area contributed by atoms with Gasteiger partial charge >= 0.3 is 5.97 Å². The van der Waals surface area contributed by atoms with Gasteiger partial charge in [-0.1, -0.05) is 44.9 Å². The van der Waals surface area contributed by atoms with Gasteiger partial charge in [-0.2, -0.15) is 0 Å². The van der Waals surface area contributed by atoms with Crippen molar-refractivity contribution >= 4 is 35.0 Å². The maximum absolute atomic E-state index is 13.6. The zero-order chi connectivity index (χ0) is 31.8. The number of carbonyl (C=O) groups excluding carboxylic acids is 4. The lowest BCUT2D eigenvalue weighted by atomic mass is 9.46. The molecule has 0 spiro atoms. The second-order valence-corrected chi connectivity index (χ2v) is 13.5. The molecular formula is C30H41ClN2O10. The van der Waals surface area contributed by atoms with E-state index in [1.807, 2.05) is 13.0 Å². The summed E-state index contributed by atoms with van der Waals surface area (Å²) in [7, 11) is 0. The fourth-order valence-corrected chi connectivity index (χ4v) is 8.82. The van der Waals surface area contributed by atoms with E-state index in [1.165, 1.54) is 6.08 Å². The summed E-state index contributed by atoms with van der Waals surface area (Å²) in [4.78, 5) is 63.2. The van der Waals surface area contributed by atoms with E-state index in [4.69, 9.17) is 16.3 Å². The molecule has 4 aliphatic rings. The molecule has 0 aromatic heterocycles. The van der Waals surface area contributed by atoms with Gasteiger partial charge < -0.3 is 25.1 Å². The lowest BCUT2D eigenvalue weighted by Crippen LogP contribution is -2.68. The van der Waals surface area contributed by atoms with Crippen LogP contribution in [-0.2, 0) is 28.8 Å². The number of esters is 1. The van der Waals surface area contributed by atoms with Crippen LogP contribution in [0.1, 0.15) is 72.1 Å².